The summed E-state index contributed by atoms with van der Waals surface area (Å²) in [6, 6.07) is 14.9. The van der Waals surface area contributed by atoms with Crippen LogP contribution in [0.25, 0.3) is 17.4 Å². The number of carbonyl (C=O) groups is 1. The van der Waals surface area contributed by atoms with Crippen molar-refractivity contribution in [3.05, 3.63) is 80.4 Å². The second-order valence-electron chi connectivity index (χ2n) is 6.56. The largest absolute Gasteiger partial charge is 0.457 e. The number of benzene rings is 2. The molecule has 1 saturated heterocycles. The number of furan rings is 1. The fourth-order valence-electron chi connectivity index (χ4n) is 2.84. The van der Waals surface area contributed by atoms with Crippen molar-refractivity contribution in [2.45, 2.75) is 13.8 Å². The van der Waals surface area contributed by atoms with Crippen LogP contribution < -0.4 is 5.32 Å². The highest BCUT2D eigenvalue weighted by Gasteiger charge is 2.24. The molecule has 1 aromatic heterocycles. The number of carbonyl (C=O) groups excluding carboxylic acids is 1. The van der Waals surface area contributed by atoms with Crippen LogP contribution in [0.3, 0.4) is 0 Å². The Morgan fingerprint density at radius 2 is 1.90 bits per heavy atom. The van der Waals surface area contributed by atoms with Crippen molar-refractivity contribution in [2.24, 2.45) is 4.99 Å². The summed E-state index contributed by atoms with van der Waals surface area (Å²) in [5.41, 5.74) is 3.82. The molecule has 1 aliphatic heterocycles. The van der Waals surface area contributed by atoms with Crippen LogP contribution in [0.4, 0.5) is 10.5 Å². The van der Waals surface area contributed by atoms with Crippen LogP contribution in [0.5, 0.6) is 0 Å². The van der Waals surface area contributed by atoms with Gasteiger partial charge in [0.25, 0.3) is 5.24 Å². The van der Waals surface area contributed by atoms with E-state index in [4.69, 9.17) is 27.6 Å². The van der Waals surface area contributed by atoms with Gasteiger partial charge in [-0.3, -0.25) is 4.79 Å². The first kappa shape index (κ1) is 19.8. The highest BCUT2D eigenvalue weighted by atomic mass is 35.5. The summed E-state index contributed by atoms with van der Waals surface area (Å²) in [6.07, 6.45) is 1.78. The van der Waals surface area contributed by atoms with Gasteiger partial charge in [-0.05, 0) is 79.2 Å². The predicted molar refractivity (Wildman–Crippen MR) is 121 cm³/mol. The normalized spacial score (nSPS) is 16.6. The number of hydrogen-bond donors (Lipinski definition) is 1. The SMILES string of the molecule is Cc1ccc(N=C2NC(=O)SC2=Cc2ccc(-c3cccc(Cl)c3Cl)o2)cc1C. The molecule has 7 heteroatoms. The Labute approximate surface area is 182 Å². The molecule has 3 aromatic rings. The van der Waals surface area contributed by atoms with Crippen molar-refractivity contribution < 1.29 is 9.21 Å². The Hall–Kier alpha value is -2.47. The number of amides is 1. The van der Waals surface area contributed by atoms with Crippen molar-refractivity contribution in [2.75, 3.05) is 0 Å². The van der Waals surface area contributed by atoms with E-state index in [9.17, 15) is 4.79 Å². The van der Waals surface area contributed by atoms with Crippen LogP contribution in [0.2, 0.25) is 10.0 Å². The van der Waals surface area contributed by atoms with Crippen molar-refractivity contribution in [3.8, 4) is 11.3 Å². The number of thioether (sulfide) groups is 1. The molecule has 0 bridgehead atoms. The number of hydrogen-bond acceptors (Lipinski definition) is 4. The standard InChI is InChI=1S/C22H16Cl2N2O2S/c1-12-6-7-14(10-13(12)2)25-21-19(29-22(27)26-21)11-15-8-9-18(28-15)16-4-3-5-17(23)20(16)24/h3-11H,1-2H3,(H,25,26,27). The third-order valence-corrected chi connectivity index (χ3v) is 6.14. The van der Waals surface area contributed by atoms with Gasteiger partial charge in [0.2, 0.25) is 0 Å². The van der Waals surface area contributed by atoms with Crippen LogP contribution in [0, 0.1) is 13.8 Å². The minimum absolute atomic E-state index is 0.177. The van der Waals surface area contributed by atoms with Crippen LogP contribution in [-0.2, 0) is 0 Å². The summed E-state index contributed by atoms with van der Waals surface area (Å²) in [4.78, 5) is 17.2. The summed E-state index contributed by atoms with van der Waals surface area (Å²) in [5.74, 6) is 1.68. The fourth-order valence-corrected chi connectivity index (χ4v) is 3.95. The molecule has 1 fully saturated rings. The van der Waals surface area contributed by atoms with Crippen molar-refractivity contribution in [1.29, 1.82) is 0 Å². The molecule has 0 unspecified atom stereocenters. The number of amidine groups is 1. The number of aryl methyl sites for hydroxylation is 2. The van der Waals surface area contributed by atoms with Gasteiger partial charge in [0.1, 0.15) is 17.4 Å². The summed E-state index contributed by atoms with van der Waals surface area (Å²) in [6.45, 7) is 4.08. The highest BCUT2D eigenvalue weighted by Crippen LogP contribution is 2.35. The zero-order valence-corrected chi connectivity index (χ0v) is 18.0. The molecule has 4 nitrogen and oxygen atoms in total. The van der Waals surface area contributed by atoms with E-state index >= 15 is 0 Å². The molecule has 1 aliphatic rings. The molecule has 1 N–H and O–H groups in total. The first-order valence-electron chi connectivity index (χ1n) is 8.82. The third-order valence-electron chi connectivity index (χ3n) is 4.51. The van der Waals surface area contributed by atoms with E-state index < -0.39 is 0 Å². The Kier molecular flexibility index (Phi) is 5.54. The first-order chi connectivity index (χ1) is 13.9. The van der Waals surface area contributed by atoms with E-state index in [0.29, 0.717) is 37.9 Å². The molecular formula is C22H16Cl2N2O2S. The molecule has 4 rings (SSSR count). The topological polar surface area (TPSA) is 54.6 Å². The molecule has 0 spiro atoms. The van der Waals surface area contributed by atoms with E-state index in [-0.39, 0.29) is 5.24 Å². The summed E-state index contributed by atoms with van der Waals surface area (Å²) >= 11 is 13.4. The lowest BCUT2D eigenvalue weighted by Crippen LogP contribution is -2.18. The third kappa shape index (κ3) is 4.27. The number of rotatable bonds is 3. The second-order valence-corrected chi connectivity index (χ2v) is 8.36. The van der Waals surface area contributed by atoms with E-state index in [0.717, 1.165) is 23.0 Å². The molecular weight excluding hydrogens is 427 g/mol. The van der Waals surface area contributed by atoms with Crippen LogP contribution in [0.1, 0.15) is 16.9 Å². The van der Waals surface area contributed by atoms with Crippen LogP contribution in [0.15, 0.2) is 62.8 Å². The minimum atomic E-state index is -0.177. The lowest BCUT2D eigenvalue weighted by molar-refractivity contribution is 0.265. The van der Waals surface area contributed by atoms with E-state index in [1.54, 1.807) is 12.1 Å². The lowest BCUT2D eigenvalue weighted by atomic mass is 10.1. The first-order valence-corrected chi connectivity index (χ1v) is 10.4. The molecule has 0 saturated carbocycles. The number of nitrogens with zero attached hydrogens (tertiary/aromatic N) is 1. The van der Waals surface area contributed by atoms with Crippen LogP contribution in [-0.4, -0.2) is 11.1 Å². The van der Waals surface area contributed by atoms with Gasteiger partial charge in [-0.15, -0.1) is 0 Å². The summed E-state index contributed by atoms with van der Waals surface area (Å²) in [5, 5.41) is 3.51. The summed E-state index contributed by atoms with van der Waals surface area (Å²) < 4.78 is 5.91. The highest BCUT2D eigenvalue weighted by molar-refractivity contribution is 8.18. The molecule has 0 aliphatic carbocycles. The summed E-state index contributed by atoms with van der Waals surface area (Å²) in [7, 11) is 0. The molecule has 2 heterocycles. The maximum absolute atomic E-state index is 11.9. The number of nitrogens with one attached hydrogen (secondary N) is 1. The zero-order valence-electron chi connectivity index (χ0n) is 15.6. The molecule has 1 amide bonds. The van der Waals surface area contributed by atoms with Gasteiger partial charge in [-0.1, -0.05) is 35.3 Å². The van der Waals surface area contributed by atoms with Gasteiger partial charge >= 0.3 is 0 Å². The molecule has 2 aromatic carbocycles. The van der Waals surface area contributed by atoms with Crippen molar-refractivity contribution >= 4 is 57.8 Å². The van der Waals surface area contributed by atoms with Gasteiger partial charge in [0, 0.05) is 5.56 Å². The smallest absolute Gasteiger partial charge is 0.289 e. The van der Waals surface area contributed by atoms with Crippen molar-refractivity contribution in [3.63, 3.8) is 0 Å². The maximum atomic E-state index is 11.9. The maximum Gasteiger partial charge on any atom is 0.289 e. The average molecular weight is 443 g/mol. The number of halogens is 2. The van der Waals surface area contributed by atoms with Crippen LogP contribution >= 0.6 is 35.0 Å². The monoisotopic (exact) mass is 442 g/mol. The Morgan fingerprint density at radius 3 is 2.69 bits per heavy atom. The van der Waals surface area contributed by atoms with Gasteiger partial charge in [-0.25, -0.2) is 4.99 Å². The van der Waals surface area contributed by atoms with E-state index in [2.05, 4.69) is 10.3 Å². The van der Waals surface area contributed by atoms with E-state index in [1.807, 2.05) is 56.3 Å². The average Bonchev–Trinajstić information content (AvgIpc) is 3.27. The predicted octanol–water partition coefficient (Wildman–Crippen LogP) is 7.40. The van der Waals surface area contributed by atoms with Gasteiger partial charge < -0.3 is 9.73 Å². The number of aliphatic imine (C=N–C) groups is 1. The quantitative estimate of drug-likeness (QED) is 0.459. The fraction of sp³-hybridized carbons (Fsp3) is 0.0909. The lowest BCUT2D eigenvalue weighted by Gasteiger charge is -2.03. The minimum Gasteiger partial charge on any atom is -0.457 e. The van der Waals surface area contributed by atoms with Gasteiger partial charge in [0.15, 0.2) is 0 Å². The Bertz CT molecular complexity index is 1180. The van der Waals surface area contributed by atoms with E-state index in [1.165, 1.54) is 5.56 Å². The second kappa shape index (κ2) is 8.11. The van der Waals surface area contributed by atoms with Crippen molar-refractivity contribution in [1.82, 2.24) is 5.32 Å². The van der Waals surface area contributed by atoms with Gasteiger partial charge in [0.05, 0.1) is 20.6 Å². The van der Waals surface area contributed by atoms with Gasteiger partial charge in [-0.2, -0.15) is 0 Å². The Morgan fingerprint density at radius 1 is 1.07 bits per heavy atom. The zero-order chi connectivity index (χ0) is 20.5. The molecule has 29 heavy (non-hydrogen) atoms. The molecule has 146 valence electrons. The Balaban J connectivity index is 1.67. The molecule has 0 atom stereocenters. The molecule has 0 radical (unpaired) electrons.